The highest BCUT2D eigenvalue weighted by Gasteiger charge is 2.20. The van der Waals surface area contributed by atoms with E-state index >= 15 is 0 Å². The molecular weight excluding hydrogens is 907 g/mol. The maximum absolute atomic E-state index is 2.47. The summed E-state index contributed by atoms with van der Waals surface area (Å²) in [4.78, 5) is 2.35. The van der Waals surface area contributed by atoms with Crippen LogP contribution in [0, 0.1) is 0 Å². The highest BCUT2D eigenvalue weighted by molar-refractivity contribution is 6.13. The van der Waals surface area contributed by atoms with Crippen molar-refractivity contribution < 1.29 is 0 Å². The molecule has 0 aliphatic rings. The minimum absolute atomic E-state index is 1.08. The molecule has 0 N–H and O–H groups in total. The summed E-state index contributed by atoms with van der Waals surface area (Å²) in [6.07, 6.45) is 0. The predicted molar refractivity (Wildman–Crippen MR) is 317 cm³/mol. The Hall–Kier alpha value is -9.96. The van der Waals surface area contributed by atoms with Crippen LogP contribution in [-0.2, 0) is 0 Å². The molecule has 0 saturated heterocycles. The molecule has 3 heteroatoms. The van der Waals surface area contributed by atoms with Crippen LogP contribution < -0.4 is 4.90 Å². The summed E-state index contributed by atoms with van der Waals surface area (Å²) in [5, 5.41) is 4.92. The first-order valence-corrected chi connectivity index (χ1v) is 25.7. The molecule has 0 radical (unpaired) electrons. The zero-order chi connectivity index (χ0) is 49.7. The minimum Gasteiger partial charge on any atom is -0.311 e. The maximum atomic E-state index is 2.47. The van der Waals surface area contributed by atoms with Crippen molar-refractivity contribution in [2.45, 2.75) is 0 Å². The molecule has 12 aromatic carbocycles. The van der Waals surface area contributed by atoms with Crippen molar-refractivity contribution in [1.29, 1.82) is 0 Å². The van der Waals surface area contributed by atoms with E-state index < -0.39 is 0 Å². The summed E-state index contributed by atoms with van der Waals surface area (Å²) in [7, 11) is 0. The second-order valence-corrected chi connectivity index (χ2v) is 19.3. The summed E-state index contributed by atoms with van der Waals surface area (Å²) >= 11 is 0. The lowest BCUT2D eigenvalue weighted by molar-refractivity contribution is 1.18. The van der Waals surface area contributed by atoms with Crippen molar-refractivity contribution in [3.05, 3.63) is 297 Å². The van der Waals surface area contributed by atoms with Crippen molar-refractivity contribution in [3.63, 3.8) is 0 Å². The third-order valence-electron chi connectivity index (χ3n) is 14.9. The van der Waals surface area contributed by atoms with Crippen molar-refractivity contribution >= 4 is 60.7 Å². The summed E-state index contributed by atoms with van der Waals surface area (Å²) in [6.45, 7) is 0. The van der Waals surface area contributed by atoms with Crippen LogP contribution in [0.2, 0.25) is 0 Å². The molecule has 352 valence electrons. The van der Waals surface area contributed by atoms with Crippen LogP contribution >= 0.6 is 0 Å². The van der Waals surface area contributed by atoms with Gasteiger partial charge in [0.1, 0.15) is 0 Å². The van der Waals surface area contributed by atoms with Gasteiger partial charge in [0.15, 0.2) is 0 Å². The Balaban J connectivity index is 0.882. The zero-order valence-electron chi connectivity index (χ0n) is 41.1. The SMILES string of the molecule is c1ccc(-c2ccc(N(c3ccc(-c4ccccc4)cc3)c3ccc(-c4ccccc4-n4c5ccc(-c6ccccc6)cc5c5cc(-c6ccc7c(c6)c6ccccc6n7-c6ccccc6)ccc54)cc3)cc2)cc1. The molecule has 0 saturated carbocycles. The Kier molecular flexibility index (Phi) is 10.8. The van der Waals surface area contributed by atoms with Crippen LogP contribution in [0.5, 0.6) is 0 Å². The summed E-state index contributed by atoms with van der Waals surface area (Å²) in [5.74, 6) is 0. The van der Waals surface area contributed by atoms with Gasteiger partial charge in [-0.1, -0.05) is 200 Å². The summed E-state index contributed by atoms with van der Waals surface area (Å²) < 4.78 is 4.85. The number of para-hydroxylation sites is 3. The van der Waals surface area contributed by atoms with E-state index in [1.54, 1.807) is 0 Å². The quantitative estimate of drug-likeness (QED) is 0.133. The van der Waals surface area contributed by atoms with Gasteiger partial charge in [-0.2, -0.15) is 0 Å². The van der Waals surface area contributed by atoms with E-state index in [0.29, 0.717) is 0 Å². The number of hydrogen-bond acceptors (Lipinski definition) is 1. The lowest BCUT2D eigenvalue weighted by Gasteiger charge is -2.26. The number of fused-ring (bicyclic) bond motifs is 6. The number of benzene rings is 12. The molecule has 0 aliphatic carbocycles. The van der Waals surface area contributed by atoms with Crippen LogP contribution in [0.1, 0.15) is 0 Å². The molecule has 14 aromatic rings. The van der Waals surface area contributed by atoms with E-state index in [4.69, 9.17) is 0 Å². The Morgan fingerprint density at radius 1 is 0.213 bits per heavy atom. The Morgan fingerprint density at radius 3 is 1.05 bits per heavy atom. The van der Waals surface area contributed by atoms with Gasteiger partial charge in [-0.25, -0.2) is 0 Å². The molecule has 0 fully saturated rings. The number of aromatic nitrogens is 2. The lowest BCUT2D eigenvalue weighted by atomic mass is 9.99. The molecule has 14 rings (SSSR count). The Morgan fingerprint density at radius 2 is 0.547 bits per heavy atom. The maximum Gasteiger partial charge on any atom is 0.0541 e. The molecule has 0 amide bonds. The van der Waals surface area contributed by atoms with Gasteiger partial charge in [-0.05, 0) is 147 Å². The summed E-state index contributed by atoms with van der Waals surface area (Å²) in [6, 6.07) is 108. The van der Waals surface area contributed by atoms with Crippen LogP contribution in [0.25, 0.3) is 111 Å². The van der Waals surface area contributed by atoms with Crippen molar-refractivity contribution in [2.75, 3.05) is 4.90 Å². The van der Waals surface area contributed by atoms with Gasteiger partial charge < -0.3 is 14.0 Å². The van der Waals surface area contributed by atoms with E-state index in [2.05, 4.69) is 311 Å². The van der Waals surface area contributed by atoms with Crippen LogP contribution in [0.3, 0.4) is 0 Å². The average Bonchev–Trinajstić information content (AvgIpc) is 4.02. The van der Waals surface area contributed by atoms with Gasteiger partial charge in [-0.15, -0.1) is 0 Å². The molecule has 2 aromatic heterocycles. The molecule has 3 nitrogen and oxygen atoms in total. The normalized spacial score (nSPS) is 11.5. The molecule has 75 heavy (non-hydrogen) atoms. The fourth-order valence-electron chi connectivity index (χ4n) is 11.3. The van der Waals surface area contributed by atoms with Crippen LogP contribution in [0.15, 0.2) is 297 Å². The fourth-order valence-corrected chi connectivity index (χ4v) is 11.3. The van der Waals surface area contributed by atoms with E-state index in [0.717, 1.165) is 50.6 Å². The van der Waals surface area contributed by atoms with Crippen molar-refractivity contribution in [3.8, 4) is 67.0 Å². The largest absolute Gasteiger partial charge is 0.311 e. The predicted octanol–water partition coefficient (Wildman–Crippen LogP) is 19.7. The molecule has 0 spiro atoms. The van der Waals surface area contributed by atoms with E-state index in [-0.39, 0.29) is 0 Å². The second kappa shape index (κ2) is 18.6. The van der Waals surface area contributed by atoms with Gasteiger partial charge in [0.25, 0.3) is 0 Å². The highest BCUT2D eigenvalue weighted by atomic mass is 15.1. The van der Waals surface area contributed by atoms with E-state index in [9.17, 15) is 0 Å². The molecule has 2 heterocycles. The van der Waals surface area contributed by atoms with E-state index in [1.165, 1.54) is 77.1 Å². The first kappa shape index (κ1) is 43.8. The molecule has 0 unspecified atom stereocenters. The molecule has 0 atom stereocenters. The van der Waals surface area contributed by atoms with E-state index in [1.807, 2.05) is 0 Å². The number of hydrogen-bond donors (Lipinski definition) is 0. The standard InChI is InChI=1S/C72H49N3/c1-5-17-50(18-6-1)53-29-38-60(39-30-53)73(61-40-31-54(32-41-61)51-19-7-2-8-20-51)62-42-33-55(34-43-62)63-25-13-15-27-68(63)75-71-45-35-56(52-21-9-3-10-22-52)47-66(71)67-49-58(37-46-72(67)75)57-36-44-70-65(48-57)64-26-14-16-28-69(64)74(70)59-23-11-4-12-24-59/h1-49H. The van der Waals surface area contributed by atoms with Crippen LogP contribution in [-0.4, -0.2) is 9.13 Å². The van der Waals surface area contributed by atoms with Gasteiger partial charge in [0, 0.05) is 49.9 Å². The third-order valence-corrected chi connectivity index (χ3v) is 14.9. The van der Waals surface area contributed by atoms with Gasteiger partial charge in [0.2, 0.25) is 0 Å². The minimum atomic E-state index is 1.08. The van der Waals surface area contributed by atoms with Gasteiger partial charge >= 0.3 is 0 Å². The van der Waals surface area contributed by atoms with Crippen LogP contribution in [0.4, 0.5) is 17.1 Å². The monoisotopic (exact) mass is 955 g/mol. The van der Waals surface area contributed by atoms with Gasteiger partial charge in [0.05, 0.1) is 27.8 Å². The third kappa shape index (κ3) is 7.86. The molecular formula is C72H49N3. The smallest absolute Gasteiger partial charge is 0.0541 e. The summed E-state index contributed by atoms with van der Waals surface area (Å²) in [5.41, 5.74) is 22.1. The number of rotatable bonds is 10. The van der Waals surface area contributed by atoms with Crippen molar-refractivity contribution in [2.24, 2.45) is 0 Å². The Bertz CT molecular complexity index is 4260. The van der Waals surface area contributed by atoms with Gasteiger partial charge in [-0.3, -0.25) is 0 Å². The highest BCUT2D eigenvalue weighted by Crippen LogP contribution is 2.43. The first-order valence-electron chi connectivity index (χ1n) is 25.7. The molecule has 0 bridgehead atoms. The average molecular weight is 956 g/mol. The Labute approximate surface area is 436 Å². The topological polar surface area (TPSA) is 13.1 Å². The first-order chi connectivity index (χ1) is 37.2. The van der Waals surface area contributed by atoms with Crippen molar-refractivity contribution in [1.82, 2.24) is 9.13 Å². The zero-order valence-corrected chi connectivity index (χ0v) is 41.1. The number of anilines is 3. The molecule has 0 aliphatic heterocycles. The fraction of sp³-hybridized carbons (Fsp3) is 0. The lowest BCUT2D eigenvalue weighted by Crippen LogP contribution is -2.09. The second-order valence-electron chi connectivity index (χ2n) is 19.3. The number of nitrogens with zero attached hydrogens (tertiary/aromatic N) is 3.